The summed E-state index contributed by atoms with van der Waals surface area (Å²) >= 11 is 0. The van der Waals surface area contributed by atoms with E-state index in [2.05, 4.69) is 23.9 Å². The average molecular weight is 442 g/mol. The van der Waals surface area contributed by atoms with Crippen molar-refractivity contribution in [2.24, 2.45) is 5.41 Å². The second-order valence-corrected chi connectivity index (χ2v) is 9.23. The number of rotatable bonds is 3. The van der Waals surface area contributed by atoms with Crippen LogP contribution in [-0.2, 0) is 4.79 Å². The Morgan fingerprint density at radius 3 is 2.70 bits per heavy atom. The van der Waals surface area contributed by atoms with Gasteiger partial charge in [-0.25, -0.2) is 14.5 Å². The highest BCUT2D eigenvalue weighted by Crippen LogP contribution is 2.50. The van der Waals surface area contributed by atoms with Gasteiger partial charge in [-0.3, -0.25) is 4.79 Å². The minimum atomic E-state index is -0.372. The molecule has 1 aromatic carbocycles. The summed E-state index contributed by atoms with van der Waals surface area (Å²) in [6, 6.07) is 11.3. The molecule has 1 unspecified atom stereocenters. The summed E-state index contributed by atoms with van der Waals surface area (Å²) in [5, 5.41) is 4.54. The molecule has 0 saturated heterocycles. The third kappa shape index (κ3) is 3.13. The normalized spacial score (nSPS) is 19.2. The van der Waals surface area contributed by atoms with Gasteiger partial charge in [0.2, 0.25) is 11.7 Å². The fourth-order valence-corrected chi connectivity index (χ4v) is 4.79. The zero-order chi connectivity index (χ0) is 22.7. The van der Waals surface area contributed by atoms with Crippen molar-refractivity contribution in [2.75, 3.05) is 7.11 Å². The van der Waals surface area contributed by atoms with E-state index in [1.54, 1.807) is 36.3 Å². The first-order chi connectivity index (χ1) is 15.9. The van der Waals surface area contributed by atoms with Gasteiger partial charge in [0.25, 0.3) is 0 Å². The van der Waals surface area contributed by atoms with Gasteiger partial charge in [-0.1, -0.05) is 26.0 Å². The Balaban J connectivity index is 1.60. The Bertz CT molecular complexity index is 1410. The first kappa shape index (κ1) is 19.7. The third-order valence-electron chi connectivity index (χ3n) is 6.25. The SMILES string of the molecule is COc1ccc(C2C3=C(CC(C)(C)CC3=O)Oc3ncn4nc(-c5ccco5)nc4c32)cc1. The van der Waals surface area contributed by atoms with Crippen molar-refractivity contribution < 1.29 is 18.7 Å². The summed E-state index contributed by atoms with van der Waals surface area (Å²) in [5.74, 6) is 2.59. The van der Waals surface area contributed by atoms with Crippen LogP contribution in [0.1, 0.15) is 43.7 Å². The van der Waals surface area contributed by atoms with Gasteiger partial charge < -0.3 is 13.9 Å². The summed E-state index contributed by atoms with van der Waals surface area (Å²) in [6.07, 6.45) is 4.28. The van der Waals surface area contributed by atoms with Gasteiger partial charge in [-0.15, -0.1) is 5.10 Å². The quantitative estimate of drug-likeness (QED) is 0.459. The van der Waals surface area contributed by atoms with Crippen LogP contribution in [-0.4, -0.2) is 32.5 Å². The van der Waals surface area contributed by atoms with Crippen LogP contribution < -0.4 is 9.47 Å². The fraction of sp³-hybridized carbons (Fsp3) is 0.280. The molecule has 1 atom stereocenters. The van der Waals surface area contributed by atoms with Gasteiger partial charge in [0.1, 0.15) is 17.8 Å². The number of allylic oxidation sites excluding steroid dienone is 2. The van der Waals surface area contributed by atoms with Crippen molar-refractivity contribution in [3.63, 3.8) is 0 Å². The van der Waals surface area contributed by atoms with E-state index in [0.717, 1.165) is 16.9 Å². The van der Waals surface area contributed by atoms with Gasteiger partial charge in [0.05, 0.1) is 18.9 Å². The van der Waals surface area contributed by atoms with E-state index in [0.29, 0.717) is 47.3 Å². The lowest BCUT2D eigenvalue weighted by Gasteiger charge is -2.37. The van der Waals surface area contributed by atoms with Gasteiger partial charge in [0.15, 0.2) is 17.2 Å². The maximum absolute atomic E-state index is 13.4. The molecule has 4 heterocycles. The molecule has 33 heavy (non-hydrogen) atoms. The second-order valence-electron chi connectivity index (χ2n) is 9.23. The monoisotopic (exact) mass is 442 g/mol. The molecule has 1 aliphatic carbocycles. The van der Waals surface area contributed by atoms with E-state index in [1.165, 1.54) is 0 Å². The number of hydrogen-bond acceptors (Lipinski definition) is 7. The van der Waals surface area contributed by atoms with E-state index in [4.69, 9.17) is 18.9 Å². The molecule has 8 nitrogen and oxygen atoms in total. The number of ether oxygens (including phenoxy) is 2. The first-order valence-electron chi connectivity index (χ1n) is 10.8. The standard InChI is InChI=1S/C25H22N4O4/c1-25(2)11-16(30)20-18(12-25)33-24-21(19(20)14-6-8-15(31-3)9-7-14)23-27-22(17-5-4-10-32-17)28-29(23)13-26-24/h4-10,13,19H,11-12H2,1-3H3. The minimum absolute atomic E-state index is 0.0838. The van der Waals surface area contributed by atoms with Crippen LogP contribution in [0.2, 0.25) is 0 Å². The van der Waals surface area contributed by atoms with Crippen LogP contribution in [0, 0.1) is 5.41 Å². The lowest BCUT2D eigenvalue weighted by molar-refractivity contribution is -0.118. The molecule has 4 aromatic rings. The van der Waals surface area contributed by atoms with Crippen molar-refractivity contribution in [1.82, 2.24) is 19.6 Å². The van der Waals surface area contributed by atoms with Crippen LogP contribution in [0.5, 0.6) is 11.6 Å². The van der Waals surface area contributed by atoms with Crippen LogP contribution in [0.4, 0.5) is 0 Å². The Hall–Kier alpha value is -3.94. The summed E-state index contributed by atoms with van der Waals surface area (Å²) in [4.78, 5) is 22.7. The maximum atomic E-state index is 13.4. The summed E-state index contributed by atoms with van der Waals surface area (Å²) < 4.78 is 18.7. The molecule has 0 N–H and O–H groups in total. The number of fused-ring (bicyclic) bond motifs is 3. The Kier molecular flexibility index (Phi) is 4.20. The Morgan fingerprint density at radius 1 is 1.15 bits per heavy atom. The van der Waals surface area contributed by atoms with Gasteiger partial charge in [-0.2, -0.15) is 0 Å². The van der Waals surface area contributed by atoms with E-state index in [1.807, 2.05) is 24.3 Å². The van der Waals surface area contributed by atoms with Crippen LogP contribution in [0.15, 0.2) is 64.7 Å². The number of benzene rings is 1. The fourth-order valence-electron chi connectivity index (χ4n) is 4.79. The molecule has 2 aliphatic rings. The molecular formula is C25H22N4O4. The number of aromatic nitrogens is 4. The number of furan rings is 1. The number of Topliss-reactive ketones (excluding diaryl/α,β-unsaturated/α-hetero) is 1. The maximum Gasteiger partial charge on any atom is 0.228 e. The number of carbonyl (C=O) groups is 1. The second kappa shape index (κ2) is 7.03. The molecule has 0 saturated carbocycles. The highest BCUT2D eigenvalue weighted by atomic mass is 16.5. The molecule has 166 valence electrons. The number of nitrogens with zero attached hydrogens (tertiary/aromatic N) is 4. The minimum Gasteiger partial charge on any atom is -0.497 e. The molecular weight excluding hydrogens is 420 g/mol. The van der Waals surface area contributed by atoms with Crippen molar-refractivity contribution in [1.29, 1.82) is 0 Å². The number of hydrogen-bond donors (Lipinski definition) is 0. The summed E-state index contributed by atoms with van der Waals surface area (Å²) in [6.45, 7) is 4.17. The number of carbonyl (C=O) groups excluding carboxylic acids is 1. The highest BCUT2D eigenvalue weighted by molar-refractivity contribution is 6.00. The van der Waals surface area contributed by atoms with Crippen LogP contribution >= 0.6 is 0 Å². The van der Waals surface area contributed by atoms with E-state index >= 15 is 0 Å². The van der Waals surface area contributed by atoms with Gasteiger partial charge in [-0.05, 0) is 35.2 Å². The molecule has 0 radical (unpaired) electrons. The third-order valence-corrected chi connectivity index (χ3v) is 6.25. The predicted octanol–water partition coefficient (Wildman–Crippen LogP) is 4.56. The lowest BCUT2D eigenvalue weighted by atomic mass is 9.70. The molecule has 0 fully saturated rings. The molecule has 0 amide bonds. The van der Waals surface area contributed by atoms with E-state index in [-0.39, 0.29) is 17.1 Å². The summed E-state index contributed by atoms with van der Waals surface area (Å²) in [7, 11) is 1.63. The molecule has 8 heteroatoms. The van der Waals surface area contributed by atoms with Crippen molar-refractivity contribution in [3.05, 3.63) is 71.4 Å². The Morgan fingerprint density at radius 2 is 1.97 bits per heavy atom. The van der Waals surface area contributed by atoms with Crippen LogP contribution in [0.3, 0.4) is 0 Å². The van der Waals surface area contributed by atoms with Gasteiger partial charge in [0, 0.05) is 24.3 Å². The number of methoxy groups -OCH3 is 1. The molecule has 3 aromatic heterocycles. The van der Waals surface area contributed by atoms with Gasteiger partial charge >= 0.3 is 0 Å². The highest BCUT2D eigenvalue weighted by Gasteiger charge is 2.44. The van der Waals surface area contributed by atoms with Crippen molar-refractivity contribution in [3.8, 4) is 23.2 Å². The zero-order valence-electron chi connectivity index (χ0n) is 18.5. The van der Waals surface area contributed by atoms with Crippen LogP contribution in [0.25, 0.3) is 17.2 Å². The van der Waals surface area contributed by atoms with E-state index < -0.39 is 0 Å². The topological polar surface area (TPSA) is 91.8 Å². The molecule has 1 aliphatic heterocycles. The zero-order valence-corrected chi connectivity index (χ0v) is 18.5. The van der Waals surface area contributed by atoms with Crippen molar-refractivity contribution in [2.45, 2.75) is 32.6 Å². The smallest absolute Gasteiger partial charge is 0.228 e. The van der Waals surface area contributed by atoms with E-state index in [9.17, 15) is 4.79 Å². The molecule has 0 bridgehead atoms. The lowest BCUT2D eigenvalue weighted by Crippen LogP contribution is -2.33. The average Bonchev–Trinajstić information content (AvgIpc) is 3.46. The Labute approximate surface area is 189 Å². The molecule has 6 rings (SSSR count). The summed E-state index contributed by atoms with van der Waals surface area (Å²) in [5.41, 5.74) is 2.74. The first-order valence-corrected chi connectivity index (χ1v) is 10.8. The predicted molar refractivity (Wildman–Crippen MR) is 119 cm³/mol. The largest absolute Gasteiger partial charge is 0.497 e. The van der Waals surface area contributed by atoms with Crippen molar-refractivity contribution >= 4 is 11.4 Å². The molecule has 0 spiro atoms. The number of ketones is 1.